The monoisotopic (exact) mass is 203 g/mol. The van der Waals surface area contributed by atoms with Crippen molar-refractivity contribution < 1.29 is 4.74 Å². The van der Waals surface area contributed by atoms with E-state index in [1.54, 1.807) is 6.20 Å². The van der Waals surface area contributed by atoms with E-state index in [0.717, 1.165) is 24.5 Å². The lowest BCUT2D eigenvalue weighted by atomic mass is 10.1. The summed E-state index contributed by atoms with van der Waals surface area (Å²) in [6.45, 7) is 1.90. The van der Waals surface area contributed by atoms with Crippen LogP contribution in [0, 0.1) is 0 Å². The average molecular weight is 203 g/mol. The van der Waals surface area contributed by atoms with E-state index in [0.29, 0.717) is 0 Å². The fourth-order valence-corrected chi connectivity index (χ4v) is 1.96. The number of aliphatic imine (C=N–C) groups is 1. The van der Waals surface area contributed by atoms with Crippen molar-refractivity contribution >= 4 is 5.84 Å². The molecule has 0 unspecified atom stereocenters. The molecule has 0 bridgehead atoms. The molecule has 1 aromatic rings. The Hall–Kier alpha value is -1.42. The van der Waals surface area contributed by atoms with Crippen LogP contribution in [0.4, 0.5) is 0 Å². The quantitative estimate of drug-likeness (QED) is 0.669. The highest BCUT2D eigenvalue weighted by Crippen LogP contribution is 2.40. The third-order valence-electron chi connectivity index (χ3n) is 2.86. The van der Waals surface area contributed by atoms with Crippen molar-refractivity contribution in [3.05, 3.63) is 30.1 Å². The molecule has 3 rings (SSSR count). The summed E-state index contributed by atoms with van der Waals surface area (Å²) in [6.07, 6.45) is 3.96. The second kappa shape index (κ2) is 3.31. The normalized spacial score (nSPS) is 29.1. The molecular formula is C11H13N3O. The van der Waals surface area contributed by atoms with Crippen LogP contribution in [0.5, 0.6) is 0 Å². The Kier molecular flexibility index (Phi) is 1.95. The van der Waals surface area contributed by atoms with Gasteiger partial charge in [0.2, 0.25) is 0 Å². The zero-order valence-electron chi connectivity index (χ0n) is 8.63. The van der Waals surface area contributed by atoms with Crippen LogP contribution >= 0.6 is 0 Å². The first-order chi connectivity index (χ1) is 7.36. The van der Waals surface area contributed by atoms with Crippen molar-refractivity contribution in [3.8, 4) is 0 Å². The van der Waals surface area contributed by atoms with E-state index in [-0.39, 0.29) is 12.2 Å². The first-order valence-electron chi connectivity index (χ1n) is 5.17. The van der Waals surface area contributed by atoms with Crippen molar-refractivity contribution in [1.82, 2.24) is 9.88 Å². The molecule has 2 aliphatic rings. The Morgan fingerprint density at radius 3 is 3.07 bits per heavy atom. The van der Waals surface area contributed by atoms with E-state index in [1.807, 2.05) is 18.3 Å². The van der Waals surface area contributed by atoms with Crippen LogP contribution in [0.1, 0.15) is 11.7 Å². The van der Waals surface area contributed by atoms with E-state index >= 15 is 0 Å². The lowest BCUT2D eigenvalue weighted by Gasteiger charge is -2.10. The molecular weight excluding hydrogens is 190 g/mol. The molecule has 0 radical (unpaired) electrons. The summed E-state index contributed by atoms with van der Waals surface area (Å²) >= 11 is 0. The molecule has 0 saturated carbocycles. The van der Waals surface area contributed by atoms with Gasteiger partial charge in [0.1, 0.15) is 18.0 Å². The number of pyridine rings is 1. The predicted molar refractivity (Wildman–Crippen MR) is 56.8 cm³/mol. The van der Waals surface area contributed by atoms with Crippen molar-refractivity contribution in [3.63, 3.8) is 0 Å². The molecule has 3 heterocycles. The molecule has 0 aliphatic carbocycles. The lowest BCUT2D eigenvalue weighted by Crippen LogP contribution is -2.27. The van der Waals surface area contributed by atoms with Crippen LogP contribution in [0.25, 0.3) is 0 Å². The second-order valence-corrected chi connectivity index (χ2v) is 3.93. The minimum Gasteiger partial charge on any atom is -0.359 e. The van der Waals surface area contributed by atoms with Gasteiger partial charge in [-0.3, -0.25) is 9.98 Å². The smallest absolute Gasteiger partial charge is 0.146 e. The summed E-state index contributed by atoms with van der Waals surface area (Å²) in [5.74, 6) is 1.09. The van der Waals surface area contributed by atoms with E-state index in [2.05, 4.69) is 21.9 Å². The summed E-state index contributed by atoms with van der Waals surface area (Å²) in [5.41, 5.74) is 1.14. The maximum absolute atomic E-state index is 5.64. The Balaban J connectivity index is 1.75. The molecule has 15 heavy (non-hydrogen) atoms. The molecule has 4 nitrogen and oxygen atoms in total. The average Bonchev–Trinajstić information content (AvgIpc) is 2.96. The number of epoxide rings is 1. The van der Waals surface area contributed by atoms with Crippen molar-refractivity contribution in [1.29, 1.82) is 0 Å². The SMILES string of the molecule is CN1CCN=C1[C@@H]1O[C@H]1c1cccnc1. The third kappa shape index (κ3) is 1.51. The summed E-state index contributed by atoms with van der Waals surface area (Å²) in [4.78, 5) is 10.7. The largest absolute Gasteiger partial charge is 0.359 e. The Morgan fingerprint density at radius 1 is 1.47 bits per heavy atom. The highest BCUT2D eigenvalue weighted by Gasteiger charge is 2.46. The van der Waals surface area contributed by atoms with E-state index in [4.69, 9.17) is 4.74 Å². The number of hydrogen-bond acceptors (Lipinski definition) is 4. The third-order valence-corrected chi connectivity index (χ3v) is 2.86. The molecule has 0 N–H and O–H groups in total. The van der Waals surface area contributed by atoms with Gasteiger partial charge in [0, 0.05) is 31.5 Å². The topological polar surface area (TPSA) is 41.0 Å². The minimum atomic E-state index is 0.154. The minimum absolute atomic E-state index is 0.154. The van der Waals surface area contributed by atoms with Crippen molar-refractivity contribution in [2.24, 2.45) is 4.99 Å². The molecule has 0 spiro atoms. The molecule has 1 fully saturated rings. The maximum Gasteiger partial charge on any atom is 0.146 e. The zero-order chi connectivity index (χ0) is 10.3. The van der Waals surface area contributed by atoms with Crippen LogP contribution in [-0.2, 0) is 4.74 Å². The molecule has 1 saturated heterocycles. The predicted octanol–water partition coefficient (Wildman–Crippen LogP) is 0.865. The van der Waals surface area contributed by atoms with E-state index < -0.39 is 0 Å². The van der Waals surface area contributed by atoms with Gasteiger partial charge in [-0.1, -0.05) is 6.07 Å². The number of likely N-dealkylation sites (N-methyl/N-ethyl adjacent to an activating group) is 1. The van der Waals surface area contributed by atoms with Gasteiger partial charge in [-0.05, 0) is 6.07 Å². The number of aromatic nitrogens is 1. The molecule has 0 aromatic carbocycles. The highest BCUT2D eigenvalue weighted by atomic mass is 16.6. The maximum atomic E-state index is 5.64. The van der Waals surface area contributed by atoms with Gasteiger partial charge in [0.25, 0.3) is 0 Å². The fourth-order valence-electron chi connectivity index (χ4n) is 1.96. The van der Waals surface area contributed by atoms with Crippen LogP contribution in [0.3, 0.4) is 0 Å². The van der Waals surface area contributed by atoms with Crippen LogP contribution in [-0.4, -0.2) is 42.0 Å². The fraction of sp³-hybridized carbons (Fsp3) is 0.455. The number of amidine groups is 1. The van der Waals surface area contributed by atoms with Crippen LogP contribution < -0.4 is 0 Å². The summed E-state index contributed by atoms with van der Waals surface area (Å²) < 4.78 is 5.64. The van der Waals surface area contributed by atoms with Gasteiger partial charge >= 0.3 is 0 Å². The summed E-state index contributed by atoms with van der Waals surface area (Å²) in [6, 6.07) is 3.99. The van der Waals surface area contributed by atoms with Gasteiger partial charge < -0.3 is 9.64 Å². The molecule has 0 amide bonds. The number of nitrogens with zero attached hydrogens (tertiary/aromatic N) is 3. The number of rotatable bonds is 2. The van der Waals surface area contributed by atoms with E-state index in [1.165, 1.54) is 0 Å². The van der Waals surface area contributed by atoms with Crippen molar-refractivity contribution in [2.45, 2.75) is 12.2 Å². The summed E-state index contributed by atoms with van der Waals surface area (Å²) in [7, 11) is 2.06. The Morgan fingerprint density at radius 2 is 2.40 bits per heavy atom. The van der Waals surface area contributed by atoms with Gasteiger partial charge in [-0.15, -0.1) is 0 Å². The van der Waals surface area contributed by atoms with Crippen LogP contribution in [0.2, 0.25) is 0 Å². The molecule has 2 aliphatic heterocycles. The first kappa shape index (κ1) is 8.85. The van der Waals surface area contributed by atoms with Gasteiger partial charge in [-0.25, -0.2) is 0 Å². The number of ether oxygens (including phenoxy) is 1. The second-order valence-electron chi connectivity index (χ2n) is 3.93. The van der Waals surface area contributed by atoms with E-state index in [9.17, 15) is 0 Å². The van der Waals surface area contributed by atoms with Gasteiger partial charge in [0.05, 0.1) is 6.54 Å². The highest BCUT2D eigenvalue weighted by molar-refractivity contribution is 5.90. The Labute approximate surface area is 88.6 Å². The first-order valence-corrected chi connectivity index (χ1v) is 5.17. The summed E-state index contributed by atoms with van der Waals surface area (Å²) in [5, 5.41) is 0. The standard InChI is InChI=1S/C11H13N3O/c1-14-6-5-13-11(14)10-9(15-10)8-3-2-4-12-7-8/h2-4,7,9-10H,5-6H2,1H3/t9-,10+/m0/s1. The lowest BCUT2D eigenvalue weighted by molar-refractivity contribution is 0.390. The van der Waals surface area contributed by atoms with Gasteiger partial charge in [-0.2, -0.15) is 0 Å². The Bertz CT molecular complexity index is 390. The van der Waals surface area contributed by atoms with Crippen LogP contribution in [0.15, 0.2) is 29.5 Å². The molecule has 2 atom stereocenters. The number of hydrogen-bond donors (Lipinski definition) is 0. The molecule has 78 valence electrons. The van der Waals surface area contributed by atoms with Gasteiger partial charge in [0.15, 0.2) is 0 Å². The molecule has 1 aromatic heterocycles. The molecule has 4 heteroatoms. The zero-order valence-corrected chi connectivity index (χ0v) is 8.63. The van der Waals surface area contributed by atoms with Crippen molar-refractivity contribution in [2.75, 3.05) is 20.1 Å².